The summed E-state index contributed by atoms with van der Waals surface area (Å²) in [5, 5.41) is 3.38. The molecule has 16 heavy (non-hydrogen) atoms. The van der Waals surface area contributed by atoms with Gasteiger partial charge in [-0.25, -0.2) is 0 Å². The van der Waals surface area contributed by atoms with E-state index in [9.17, 15) is 4.79 Å². The third kappa shape index (κ3) is 2.36. The number of rotatable bonds is 2. The lowest BCUT2D eigenvalue weighted by molar-refractivity contribution is -0.111. The Bertz CT molecular complexity index is 280. The molecule has 3 heteroatoms. The van der Waals surface area contributed by atoms with E-state index in [4.69, 9.17) is 0 Å². The maximum atomic E-state index is 10.9. The number of carbonyl (C=O) groups excluding carboxylic acids is 1. The van der Waals surface area contributed by atoms with Crippen molar-refractivity contribution in [1.82, 2.24) is 10.2 Å². The van der Waals surface area contributed by atoms with Crippen molar-refractivity contribution in [3.8, 4) is 0 Å². The van der Waals surface area contributed by atoms with Gasteiger partial charge in [-0.05, 0) is 11.8 Å². The average molecular weight is 222 g/mol. The smallest absolute Gasteiger partial charge is 0.126 e. The molecule has 1 aliphatic heterocycles. The highest BCUT2D eigenvalue weighted by atomic mass is 16.1. The summed E-state index contributed by atoms with van der Waals surface area (Å²) in [5.74, 6) is 0.118. The zero-order chi connectivity index (χ0) is 11.6. The van der Waals surface area contributed by atoms with E-state index in [2.05, 4.69) is 36.2 Å². The van der Waals surface area contributed by atoms with Crippen LogP contribution in [0.15, 0.2) is 12.2 Å². The SMILES string of the molecule is CC1(C)C=CC(C=O)CC1N1CCNCC1. The van der Waals surface area contributed by atoms with Crippen LogP contribution in [-0.4, -0.2) is 43.4 Å². The van der Waals surface area contributed by atoms with E-state index in [0.717, 1.165) is 38.9 Å². The highest BCUT2D eigenvalue weighted by molar-refractivity contribution is 5.57. The van der Waals surface area contributed by atoms with Crippen molar-refractivity contribution in [2.45, 2.75) is 26.3 Å². The molecule has 3 nitrogen and oxygen atoms in total. The van der Waals surface area contributed by atoms with E-state index < -0.39 is 0 Å². The highest BCUT2D eigenvalue weighted by Gasteiger charge is 2.36. The van der Waals surface area contributed by atoms with E-state index in [1.807, 2.05) is 0 Å². The van der Waals surface area contributed by atoms with Crippen molar-refractivity contribution in [1.29, 1.82) is 0 Å². The molecule has 0 radical (unpaired) electrons. The first-order valence-electron chi connectivity index (χ1n) is 6.23. The molecule has 1 heterocycles. The topological polar surface area (TPSA) is 32.3 Å². The molecule has 90 valence electrons. The molecule has 0 bridgehead atoms. The normalized spacial score (nSPS) is 34.9. The van der Waals surface area contributed by atoms with Gasteiger partial charge in [0.05, 0.1) is 0 Å². The molecule has 0 aromatic heterocycles. The lowest BCUT2D eigenvalue weighted by Crippen LogP contribution is -2.54. The fourth-order valence-electron chi connectivity index (χ4n) is 2.84. The molecule has 2 unspecified atom stereocenters. The van der Waals surface area contributed by atoms with Gasteiger partial charge in [-0.1, -0.05) is 26.0 Å². The number of hydrogen-bond acceptors (Lipinski definition) is 3. The van der Waals surface area contributed by atoms with Crippen LogP contribution in [0, 0.1) is 11.3 Å². The fraction of sp³-hybridized carbons (Fsp3) is 0.769. The Morgan fingerprint density at radius 3 is 2.69 bits per heavy atom. The zero-order valence-electron chi connectivity index (χ0n) is 10.3. The molecule has 2 rings (SSSR count). The first-order valence-corrected chi connectivity index (χ1v) is 6.23. The number of nitrogens with zero attached hydrogens (tertiary/aromatic N) is 1. The molecule has 2 atom stereocenters. The molecule has 1 saturated heterocycles. The van der Waals surface area contributed by atoms with Crippen LogP contribution < -0.4 is 5.32 Å². The Morgan fingerprint density at radius 1 is 1.38 bits per heavy atom. The Morgan fingerprint density at radius 2 is 2.06 bits per heavy atom. The largest absolute Gasteiger partial charge is 0.314 e. The number of nitrogens with one attached hydrogen (secondary N) is 1. The third-order valence-corrected chi connectivity index (χ3v) is 3.89. The second kappa shape index (κ2) is 4.68. The molecule has 0 spiro atoms. The van der Waals surface area contributed by atoms with Crippen LogP contribution in [0.3, 0.4) is 0 Å². The van der Waals surface area contributed by atoms with Crippen molar-refractivity contribution in [2.75, 3.05) is 26.2 Å². The quantitative estimate of drug-likeness (QED) is 0.560. The van der Waals surface area contributed by atoms with Gasteiger partial charge in [-0.2, -0.15) is 0 Å². The van der Waals surface area contributed by atoms with Gasteiger partial charge in [0.25, 0.3) is 0 Å². The van der Waals surface area contributed by atoms with Crippen molar-refractivity contribution in [2.24, 2.45) is 11.3 Å². The van der Waals surface area contributed by atoms with Gasteiger partial charge in [0.15, 0.2) is 0 Å². The van der Waals surface area contributed by atoms with Crippen LogP contribution in [-0.2, 0) is 4.79 Å². The molecule has 1 aliphatic carbocycles. The predicted octanol–water partition coefficient (Wildman–Crippen LogP) is 1.06. The average Bonchev–Trinajstić information content (AvgIpc) is 2.30. The van der Waals surface area contributed by atoms with E-state index >= 15 is 0 Å². The Balaban J connectivity index is 2.11. The summed E-state index contributed by atoms with van der Waals surface area (Å²) in [5.41, 5.74) is 0.191. The molecule has 1 fully saturated rings. The Labute approximate surface area is 97.9 Å². The van der Waals surface area contributed by atoms with Crippen LogP contribution in [0.25, 0.3) is 0 Å². The maximum absolute atomic E-state index is 10.9. The first kappa shape index (κ1) is 11.8. The molecule has 1 N–H and O–H groups in total. The first-order chi connectivity index (χ1) is 7.63. The molecule has 0 aromatic carbocycles. The summed E-state index contributed by atoms with van der Waals surface area (Å²) < 4.78 is 0. The van der Waals surface area contributed by atoms with Crippen molar-refractivity contribution < 1.29 is 4.79 Å². The van der Waals surface area contributed by atoms with Crippen molar-refractivity contribution >= 4 is 6.29 Å². The minimum absolute atomic E-state index is 0.118. The van der Waals surface area contributed by atoms with E-state index in [1.165, 1.54) is 0 Å². The van der Waals surface area contributed by atoms with Crippen LogP contribution in [0.5, 0.6) is 0 Å². The van der Waals surface area contributed by atoms with Crippen LogP contribution in [0.4, 0.5) is 0 Å². The minimum Gasteiger partial charge on any atom is -0.314 e. The van der Waals surface area contributed by atoms with Crippen LogP contribution >= 0.6 is 0 Å². The molecule has 0 aromatic rings. The number of allylic oxidation sites excluding steroid dienone is 1. The molecular weight excluding hydrogens is 200 g/mol. The van der Waals surface area contributed by atoms with Gasteiger partial charge in [0, 0.05) is 38.1 Å². The van der Waals surface area contributed by atoms with Crippen LogP contribution in [0.1, 0.15) is 20.3 Å². The Kier molecular flexibility index (Phi) is 3.45. The summed E-state index contributed by atoms with van der Waals surface area (Å²) in [6.07, 6.45) is 6.36. The van der Waals surface area contributed by atoms with Gasteiger partial charge < -0.3 is 10.1 Å². The van der Waals surface area contributed by atoms with E-state index in [1.54, 1.807) is 0 Å². The highest BCUT2D eigenvalue weighted by Crippen LogP contribution is 2.35. The summed E-state index contributed by atoms with van der Waals surface area (Å²) in [4.78, 5) is 13.5. The predicted molar refractivity (Wildman–Crippen MR) is 65.3 cm³/mol. The summed E-state index contributed by atoms with van der Waals surface area (Å²) in [6, 6.07) is 0.509. The number of aldehydes is 1. The summed E-state index contributed by atoms with van der Waals surface area (Å²) in [7, 11) is 0. The lowest BCUT2D eigenvalue weighted by atomic mass is 9.74. The number of hydrogen-bond donors (Lipinski definition) is 1. The molecule has 0 amide bonds. The third-order valence-electron chi connectivity index (χ3n) is 3.89. The monoisotopic (exact) mass is 222 g/mol. The van der Waals surface area contributed by atoms with Gasteiger partial charge >= 0.3 is 0 Å². The lowest BCUT2D eigenvalue weighted by Gasteiger charge is -2.45. The molecule has 2 aliphatic rings. The second-order valence-electron chi connectivity index (χ2n) is 5.52. The van der Waals surface area contributed by atoms with Gasteiger partial charge in [0.2, 0.25) is 0 Å². The van der Waals surface area contributed by atoms with Gasteiger partial charge in [-0.15, -0.1) is 0 Å². The fourth-order valence-corrected chi connectivity index (χ4v) is 2.84. The maximum Gasteiger partial charge on any atom is 0.126 e. The van der Waals surface area contributed by atoms with Gasteiger partial charge in [0.1, 0.15) is 6.29 Å². The van der Waals surface area contributed by atoms with E-state index in [-0.39, 0.29) is 11.3 Å². The number of piperazine rings is 1. The van der Waals surface area contributed by atoms with Crippen molar-refractivity contribution in [3.05, 3.63) is 12.2 Å². The summed E-state index contributed by atoms with van der Waals surface area (Å²) in [6.45, 7) is 8.90. The van der Waals surface area contributed by atoms with Crippen molar-refractivity contribution in [3.63, 3.8) is 0 Å². The standard InChI is InChI=1S/C13H22N2O/c1-13(2)4-3-11(10-16)9-12(13)15-7-5-14-6-8-15/h3-4,10-12,14H,5-9H2,1-2H3. The number of carbonyl (C=O) groups is 1. The second-order valence-corrected chi connectivity index (χ2v) is 5.52. The zero-order valence-corrected chi connectivity index (χ0v) is 10.3. The molecule has 0 saturated carbocycles. The summed E-state index contributed by atoms with van der Waals surface area (Å²) >= 11 is 0. The van der Waals surface area contributed by atoms with E-state index in [0.29, 0.717) is 6.04 Å². The molecular formula is C13H22N2O. The minimum atomic E-state index is 0.118. The Hall–Kier alpha value is -0.670. The van der Waals surface area contributed by atoms with Crippen LogP contribution in [0.2, 0.25) is 0 Å². The van der Waals surface area contributed by atoms with Gasteiger partial charge in [-0.3, -0.25) is 4.90 Å².